The Morgan fingerprint density at radius 3 is 2.13 bits per heavy atom. The van der Waals surface area contributed by atoms with Crippen LogP contribution in [-0.2, 0) is 9.59 Å². The SMILES string of the molecule is Cc1ccc(C2=C(Nc3ccc(C)c(Cl)c3)C(=O)N(c3ccc(F)cc3)C2=O)cc1C. The lowest BCUT2D eigenvalue weighted by Gasteiger charge is -2.15. The number of nitrogens with one attached hydrogen (secondary N) is 1. The maximum Gasteiger partial charge on any atom is 0.282 e. The van der Waals surface area contributed by atoms with Crippen molar-refractivity contribution in [1.82, 2.24) is 0 Å². The molecule has 4 rings (SSSR count). The van der Waals surface area contributed by atoms with Crippen molar-refractivity contribution in [3.05, 3.63) is 99.5 Å². The van der Waals surface area contributed by atoms with E-state index in [4.69, 9.17) is 11.6 Å². The lowest BCUT2D eigenvalue weighted by Crippen LogP contribution is -2.32. The van der Waals surface area contributed by atoms with Crippen molar-refractivity contribution in [3.63, 3.8) is 0 Å². The first-order valence-corrected chi connectivity index (χ1v) is 10.1. The molecule has 1 heterocycles. The summed E-state index contributed by atoms with van der Waals surface area (Å²) in [5.74, 6) is -1.43. The highest BCUT2D eigenvalue weighted by Gasteiger charge is 2.40. The van der Waals surface area contributed by atoms with Gasteiger partial charge < -0.3 is 5.32 Å². The Bertz CT molecular complexity index is 1250. The second-order valence-corrected chi connectivity index (χ2v) is 7.97. The van der Waals surface area contributed by atoms with Crippen LogP contribution in [0.2, 0.25) is 5.02 Å². The molecule has 0 aromatic heterocycles. The first-order valence-electron chi connectivity index (χ1n) is 9.75. The maximum absolute atomic E-state index is 13.4. The Hall–Kier alpha value is -3.44. The van der Waals surface area contributed by atoms with Crippen molar-refractivity contribution < 1.29 is 14.0 Å². The molecule has 0 aliphatic carbocycles. The summed E-state index contributed by atoms with van der Waals surface area (Å²) in [4.78, 5) is 27.8. The van der Waals surface area contributed by atoms with E-state index in [1.165, 1.54) is 24.3 Å². The summed E-state index contributed by atoms with van der Waals surface area (Å²) in [6.07, 6.45) is 0. The summed E-state index contributed by atoms with van der Waals surface area (Å²) < 4.78 is 13.4. The number of aryl methyl sites for hydroxylation is 3. The van der Waals surface area contributed by atoms with E-state index in [0.29, 0.717) is 22.0 Å². The van der Waals surface area contributed by atoms with Crippen molar-refractivity contribution in [2.45, 2.75) is 20.8 Å². The van der Waals surface area contributed by atoms with Gasteiger partial charge in [0.1, 0.15) is 11.5 Å². The molecule has 1 N–H and O–H groups in total. The Labute approximate surface area is 185 Å². The summed E-state index contributed by atoms with van der Waals surface area (Å²) >= 11 is 6.24. The molecule has 0 atom stereocenters. The molecule has 0 saturated carbocycles. The van der Waals surface area contributed by atoms with Gasteiger partial charge in [-0.25, -0.2) is 9.29 Å². The van der Waals surface area contributed by atoms with Crippen molar-refractivity contribution in [2.75, 3.05) is 10.2 Å². The first kappa shape index (κ1) is 20.8. The lowest BCUT2D eigenvalue weighted by molar-refractivity contribution is -0.120. The van der Waals surface area contributed by atoms with Crippen LogP contribution >= 0.6 is 11.6 Å². The minimum atomic E-state index is -0.512. The minimum Gasteiger partial charge on any atom is -0.350 e. The normalized spacial score (nSPS) is 13.9. The van der Waals surface area contributed by atoms with E-state index in [1.54, 1.807) is 12.1 Å². The van der Waals surface area contributed by atoms with E-state index in [9.17, 15) is 14.0 Å². The number of amides is 2. The summed E-state index contributed by atoms with van der Waals surface area (Å²) in [7, 11) is 0. The van der Waals surface area contributed by atoms with Gasteiger partial charge in [-0.2, -0.15) is 0 Å². The quantitative estimate of drug-likeness (QED) is 0.528. The van der Waals surface area contributed by atoms with Crippen molar-refractivity contribution >= 4 is 40.4 Å². The zero-order valence-corrected chi connectivity index (χ0v) is 18.0. The molecular formula is C25H20ClFN2O2. The Morgan fingerprint density at radius 2 is 1.48 bits per heavy atom. The van der Waals surface area contributed by atoms with Gasteiger partial charge in [-0.15, -0.1) is 0 Å². The van der Waals surface area contributed by atoms with Gasteiger partial charge in [0.15, 0.2) is 0 Å². The highest BCUT2D eigenvalue weighted by molar-refractivity contribution is 6.46. The maximum atomic E-state index is 13.4. The zero-order chi connectivity index (χ0) is 22.3. The summed E-state index contributed by atoms with van der Waals surface area (Å²) in [6.45, 7) is 5.81. The molecule has 0 bridgehead atoms. The molecule has 0 radical (unpaired) electrons. The molecule has 3 aromatic carbocycles. The fourth-order valence-corrected chi connectivity index (χ4v) is 3.63. The number of hydrogen-bond acceptors (Lipinski definition) is 3. The van der Waals surface area contributed by atoms with E-state index in [2.05, 4.69) is 5.32 Å². The molecule has 4 nitrogen and oxygen atoms in total. The fourth-order valence-electron chi connectivity index (χ4n) is 3.45. The highest BCUT2D eigenvalue weighted by atomic mass is 35.5. The summed E-state index contributed by atoms with van der Waals surface area (Å²) in [6, 6.07) is 16.2. The van der Waals surface area contributed by atoms with Gasteiger partial charge >= 0.3 is 0 Å². The largest absolute Gasteiger partial charge is 0.350 e. The third-order valence-electron chi connectivity index (χ3n) is 5.41. The molecule has 3 aromatic rings. The van der Waals surface area contributed by atoms with E-state index < -0.39 is 17.6 Å². The number of hydrogen-bond donors (Lipinski definition) is 1. The minimum absolute atomic E-state index is 0.150. The second-order valence-electron chi connectivity index (χ2n) is 7.56. The Morgan fingerprint density at radius 1 is 0.806 bits per heavy atom. The van der Waals surface area contributed by atoms with Crippen LogP contribution in [0.1, 0.15) is 22.3 Å². The molecular weight excluding hydrogens is 415 g/mol. The Kier molecular flexibility index (Phi) is 5.38. The van der Waals surface area contributed by atoms with Crippen LogP contribution in [-0.4, -0.2) is 11.8 Å². The van der Waals surface area contributed by atoms with Crippen LogP contribution in [0.3, 0.4) is 0 Å². The topological polar surface area (TPSA) is 49.4 Å². The van der Waals surface area contributed by atoms with E-state index in [-0.39, 0.29) is 11.3 Å². The molecule has 31 heavy (non-hydrogen) atoms. The second kappa shape index (κ2) is 8.00. The number of anilines is 2. The molecule has 2 amide bonds. The third kappa shape index (κ3) is 3.84. The average Bonchev–Trinajstić information content (AvgIpc) is 2.97. The smallest absolute Gasteiger partial charge is 0.282 e. The highest BCUT2D eigenvalue weighted by Crippen LogP contribution is 2.35. The van der Waals surface area contributed by atoms with Gasteiger partial charge in [-0.3, -0.25) is 9.59 Å². The molecule has 6 heteroatoms. The van der Waals surface area contributed by atoms with Gasteiger partial charge in [0.05, 0.1) is 11.3 Å². The average molecular weight is 435 g/mol. The van der Waals surface area contributed by atoms with Crippen molar-refractivity contribution in [1.29, 1.82) is 0 Å². The van der Waals surface area contributed by atoms with Crippen molar-refractivity contribution in [2.24, 2.45) is 0 Å². The van der Waals surface area contributed by atoms with Crippen molar-refractivity contribution in [3.8, 4) is 0 Å². The standard InChI is InChI=1S/C25H20ClFN2O2/c1-14-4-6-17(12-16(14)3)22-23(28-19-9-5-15(2)21(26)13-19)25(31)29(24(22)30)20-10-7-18(27)8-11-20/h4-13,28H,1-3H3. The van der Waals surface area contributed by atoms with Crippen LogP contribution in [0.4, 0.5) is 15.8 Å². The van der Waals surface area contributed by atoms with Gasteiger partial charge in [0.25, 0.3) is 11.8 Å². The van der Waals surface area contributed by atoms with Gasteiger partial charge in [0.2, 0.25) is 0 Å². The summed E-state index contributed by atoms with van der Waals surface area (Å²) in [5.41, 5.74) is 4.92. The van der Waals surface area contributed by atoms with E-state index in [0.717, 1.165) is 21.6 Å². The number of halogens is 2. The first-order chi connectivity index (χ1) is 14.8. The molecule has 1 aliphatic rings. The predicted molar refractivity (Wildman–Crippen MR) is 122 cm³/mol. The van der Waals surface area contributed by atoms with Gasteiger partial charge in [-0.05, 0) is 79.4 Å². The van der Waals surface area contributed by atoms with Gasteiger partial charge in [-0.1, -0.05) is 35.9 Å². The number of nitrogens with zero attached hydrogens (tertiary/aromatic N) is 1. The van der Waals surface area contributed by atoms with E-state index >= 15 is 0 Å². The van der Waals surface area contributed by atoms with Crippen LogP contribution in [0.5, 0.6) is 0 Å². The van der Waals surface area contributed by atoms with Crippen LogP contribution < -0.4 is 10.2 Å². The molecule has 0 saturated heterocycles. The number of benzene rings is 3. The molecule has 0 fully saturated rings. The number of carbonyl (C=O) groups is 2. The zero-order valence-electron chi connectivity index (χ0n) is 17.3. The molecule has 0 spiro atoms. The van der Waals surface area contributed by atoms with E-state index in [1.807, 2.05) is 45.0 Å². The molecule has 1 aliphatic heterocycles. The predicted octanol–water partition coefficient (Wildman–Crippen LogP) is 5.80. The van der Waals surface area contributed by atoms with Crippen LogP contribution in [0, 0.1) is 26.6 Å². The van der Waals surface area contributed by atoms with Crippen LogP contribution in [0.25, 0.3) is 5.57 Å². The monoisotopic (exact) mass is 434 g/mol. The molecule has 156 valence electrons. The van der Waals surface area contributed by atoms with Crippen LogP contribution in [0.15, 0.2) is 66.4 Å². The number of carbonyl (C=O) groups excluding carboxylic acids is 2. The van der Waals surface area contributed by atoms with Gasteiger partial charge in [0, 0.05) is 10.7 Å². The third-order valence-corrected chi connectivity index (χ3v) is 5.81. The Balaban J connectivity index is 1.84. The fraction of sp³-hybridized carbons (Fsp3) is 0.120. The summed E-state index contributed by atoms with van der Waals surface area (Å²) in [5, 5.41) is 3.64. The number of imide groups is 1. The number of rotatable bonds is 4. The molecule has 0 unspecified atom stereocenters. The lowest BCUT2D eigenvalue weighted by atomic mass is 9.99.